The number of aromatic nitrogens is 1. The Balaban J connectivity index is 1.79. The van der Waals surface area contributed by atoms with Gasteiger partial charge in [0, 0.05) is 40.0 Å². The predicted octanol–water partition coefficient (Wildman–Crippen LogP) is 4.51. The molecule has 8 nitrogen and oxygen atoms in total. The Kier molecular flexibility index (Phi) is 9.32. The summed E-state index contributed by atoms with van der Waals surface area (Å²) in [5.74, 6) is 0.115. The van der Waals surface area contributed by atoms with Crippen molar-refractivity contribution in [3.63, 3.8) is 0 Å². The molecule has 0 spiro atoms. The Morgan fingerprint density at radius 3 is 2.43 bits per heavy atom. The number of likely N-dealkylation sites (N-methyl/N-ethyl adjacent to an activating group) is 1. The van der Waals surface area contributed by atoms with Crippen LogP contribution in [0.1, 0.15) is 36.8 Å². The lowest BCUT2D eigenvalue weighted by Crippen LogP contribution is -2.18. The standard InChI is InChI=1S/C25H23F3N3O5P/c1-29-10-11-35-21-7-6-16(25(26,27)28)13-19(21)24(34)37-23(33)15-4-3-5-17(12-15)36-18-8-9-31-20(14-18)22(32)30-2/h3-9,12-14,29,37H,10-11H2,1-2H3,(H,30,32). The molecule has 0 radical (unpaired) electrons. The first-order valence-corrected chi connectivity index (χ1v) is 11.9. The summed E-state index contributed by atoms with van der Waals surface area (Å²) >= 11 is 0. The molecule has 1 heterocycles. The third kappa shape index (κ3) is 7.58. The summed E-state index contributed by atoms with van der Waals surface area (Å²) in [5, 5.41) is 5.28. The van der Waals surface area contributed by atoms with Crippen LogP contribution in [-0.2, 0) is 6.18 Å². The highest BCUT2D eigenvalue weighted by Gasteiger charge is 2.32. The molecule has 0 bridgehead atoms. The normalized spacial score (nSPS) is 11.4. The van der Waals surface area contributed by atoms with Gasteiger partial charge in [-0.25, -0.2) is 0 Å². The van der Waals surface area contributed by atoms with Gasteiger partial charge in [-0.15, -0.1) is 0 Å². The molecule has 37 heavy (non-hydrogen) atoms. The Labute approximate surface area is 212 Å². The number of ether oxygens (including phenoxy) is 2. The number of benzene rings is 2. The van der Waals surface area contributed by atoms with E-state index >= 15 is 0 Å². The maximum absolute atomic E-state index is 13.2. The maximum atomic E-state index is 13.2. The van der Waals surface area contributed by atoms with E-state index in [1.54, 1.807) is 13.1 Å². The molecule has 1 amide bonds. The van der Waals surface area contributed by atoms with Gasteiger partial charge in [-0.05, 0) is 43.4 Å². The first-order valence-electron chi connectivity index (χ1n) is 10.9. The third-order valence-electron chi connectivity index (χ3n) is 4.91. The van der Waals surface area contributed by atoms with Gasteiger partial charge in [0.1, 0.15) is 29.5 Å². The lowest BCUT2D eigenvalue weighted by molar-refractivity contribution is -0.137. The van der Waals surface area contributed by atoms with E-state index in [0.29, 0.717) is 18.4 Å². The molecule has 1 unspecified atom stereocenters. The summed E-state index contributed by atoms with van der Waals surface area (Å²) in [6.45, 7) is 0.528. The second kappa shape index (κ2) is 12.4. The molecule has 0 aliphatic rings. The van der Waals surface area contributed by atoms with Crippen LogP contribution in [0.25, 0.3) is 0 Å². The van der Waals surface area contributed by atoms with Crippen LogP contribution in [-0.4, -0.2) is 49.2 Å². The van der Waals surface area contributed by atoms with Gasteiger partial charge in [-0.2, -0.15) is 13.2 Å². The Hall–Kier alpha value is -3.82. The zero-order valence-electron chi connectivity index (χ0n) is 19.8. The Morgan fingerprint density at radius 2 is 1.73 bits per heavy atom. The molecular formula is C25H23F3N3O5P. The van der Waals surface area contributed by atoms with Crippen LogP contribution in [0, 0.1) is 0 Å². The van der Waals surface area contributed by atoms with Crippen molar-refractivity contribution in [1.82, 2.24) is 15.6 Å². The van der Waals surface area contributed by atoms with Crippen LogP contribution in [0.5, 0.6) is 17.2 Å². The zero-order valence-corrected chi connectivity index (χ0v) is 20.8. The fourth-order valence-electron chi connectivity index (χ4n) is 3.08. The van der Waals surface area contributed by atoms with Crippen molar-refractivity contribution < 1.29 is 37.0 Å². The number of nitrogens with zero attached hydrogens (tertiary/aromatic N) is 1. The SMILES string of the molecule is CNCCOc1ccc(C(F)(F)F)cc1C(=O)PC(=O)c1cccc(Oc2ccnc(C(=O)NC)c2)c1. The number of carbonyl (C=O) groups excluding carboxylic acids is 3. The van der Waals surface area contributed by atoms with Gasteiger partial charge in [0.05, 0.1) is 11.1 Å². The number of rotatable bonds is 11. The third-order valence-corrected chi connectivity index (χ3v) is 5.92. The minimum atomic E-state index is -4.66. The average molecular weight is 533 g/mol. The Morgan fingerprint density at radius 1 is 0.973 bits per heavy atom. The minimum absolute atomic E-state index is 0.0322. The van der Waals surface area contributed by atoms with Gasteiger partial charge in [-0.3, -0.25) is 19.4 Å². The van der Waals surface area contributed by atoms with E-state index in [1.165, 1.54) is 43.6 Å². The van der Waals surface area contributed by atoms with Crippen LogP contribution < -0.4 is 20.1 Å². The molecule has 194 valence electrons. The largest absolute Gasteiger partial charge is 0.491 e. The van der Waals surface area contributed by atoms with Crippen LogP contribution in [0.4, 0.5) is 13.2 Å². The van der Waals surface area contributed by atoms with Crippen molar-refractivity contribution in [1.29, 1.82) is 0 Å². The lowest BCUT2D eigenvalue weighted by atomic mass is 10.1. The molecule has 2 aromatic carbocycles. The first-order chi connectivity index (χ1) is 17.6. The molecule has 3 aromatic rings. The highest BCUT2D eigenvalue weighted by atomic mass is 31.1. The van der Waals surface area contributed by atoms with Crippen LogP contribution >= 0.6 is 8.58 Å². The molecule has 3 rings (SSSR count). The second-order valence-corrected chi connectivity index (χ2v) is 8.69. The predicted molar refractivity (Wildman–Crippen MR) is 132 cm³/mol. The number of halogens is 3. The van der Waals surface area contributed by atoms with E-state index in [4.69, 9.17) is 9.47 Å². The number of amides is 1. The Bertz CT molecular complexity index is 1300. The molecule has 12 heteroatoms. The van der Waals surface area contributed by atoms with E-state index in [0.717, 1.165) is 12.1 Å². The van der Waals surface area contributed by atoms with Gasteiger partial charge in [0.2, 0.25) is 0 Å². The van der Waals surface area contributed by atoms with E-state index in [2.05, 4.69) is 15.6 Å². The number of pyridine rings is 1. The molecule has 0 fully saturated rings. The van der Waals surface area contributed by atoms with Gasteiger partial charge in [0.25, 0.3) is 5.91 Å². The molecule has 1 atom stereocenters. The monoisotopic (exact) mass is 533 g/mol. The van der Waals surface area contributed by atoms with Crippen molar-refractivity contribution in [2.45, 2.75) is 6.18 Å². The summed E-state index contributed by atoms with van der Waals surface area (Å²) in [6, 6.07) is 11.5. The molecular weight excluding hydrogens is 510 g/mol. The van der Waals surface area contributed by atoms with E-state index < -0.39 is 37.3 Å². The van der Waals surface area contributed by atoms with Crippen molar-refractivity contribution in [2.24, 2.45) is 0 Å². The van der Waals surface area contributed by atoms with Crippen molar-refractivity contribution in [3.05, 3.63) is 83.2 Å². The molecule has 1 aromatic heterocycles. The lowest BCUT2D eigenvalue weighted by Gasteiger charge is -2.14. The van der Waals surface area contributed by atoms with Crippen LogP contribution in [0.2, 0.25) is 0 Å². The van der Waals surface area contributed by atoms with Crippen molar-refractivity contribution in [2.75, 3.05) is 27.2 Å². The number of hydrogen-bond donors (Lipinski definition) is 2. The molecule has 0 aliphatic heterocycles. The first kappa shape index (κ1) is 27.8. The summed E-state index contributed by atoms with van der Waals surface area (Å²) in [7, 11) is 2.16. The molecule has 2 N–H and O–H groups in total. The summed E-state index contributed by atoms with van der Waals surface area (Å²) in [4.78, 5) is 41.5. The second-order valence-electron chi connectivity index (χ2n) is 7.53. The fourth-order valence-corrected chi connectivity index (χ4v) is 3.92. The minimum Gasteiger partial charge on any atom is -0.491 e. The van der Waals surface area contributed by atoms with Crippen molar-refractivity contribution >= 4 is 25.5 Å². The van der Waals surface area contributed by atoms with Crippen LogP contribution in [0.15, 0.2) is 60.8 Å². The van der Waals surface area contributed by atoms with E-state index in [1.807, 2.05) is 0 Å². The summed E-state index contributed by atoms with van der Waals surface area (Å²) < 4.78 is 50.9. The summed E-state index contributed by atoms with van der Waals surface area (Å²) in [6.07, 6.45) is -3.28. The van der Waals surface area contributed by atoms with Gasteiger partial charge >= 0.3 is 6.18 Å². The number of alkyl halides is 3. The number of carbonyl (C=O) groups is 3. The number of nitrogens with one attached hydrogen (secondary N) is 2. The highest BCUT2D eigenvalue weighted by Crippen LogP contribution is 2.36. The zero-order chi connectivity index (χ0) is 27.0. The summed E-state index contributed by atoms with van der Waals surface area (Å²) in [5.41, 5.74) is -2.44. The highest BCUT2D eigenvalue weighted by molar-refractivity contribution is 7.75. The van der Waals surface area contributed by atoms with Crippen LogP contribution in [0.3, 0.4) is 0 Å². The molecule has 0 aliphatic carbocycles. The topological polar surface area (TPSA) is 107 Å². The van der Waals surface area contributed by atoms with E-state index in [-0.39, 0.29) is 34.9 Å². The maximum Gasteiger partial charge on any atom is 0.416 e. The van der Waals surface area contributed by atoms with Crippen molar-refractivity contribution in [3.8, 4) is 17.2 Å². The quantitative estimate of drug-likeness (QED) is 0.276. The van der Waals surface area contributed by atoms with E-state index in [9.17, 15) is 27.6 Å². The van der Waals surface area contributed by atoms with Gasteiger partial charge < -0.3 is 20.1 Å². The smallest absolute Gasteiger partial charge is 0.416 e. The molecule has 0 saturated carbocycles. The fraction of sp³-hybridized carbons (Fsp3) is 0.200. The molecule has 0 saturated heterocycles. The number of hydrogen-bond acceptors (Lipinski definition) is 7. The van der Waals surface area contributed by atoms with Gasteiger partial charge in [-0.1, -0.05) is 12.1 Å². The van der Waals surface area contributed by atoms with Gasteiger partial charge in [0.15, 0.2) is 11.0 Å². The average Bonchev–Trinajstić information content (AvgIpc) is 2.88.